The van der Waals surface area contributed by atoms with Crippen molar-refractivity contribution in [3.63, 3.8) is 0 Å². The molecule has 0 spiro atoms. The maximum Gasteiger partial charge on any atom is 0.255 e. The zero-order chi connectivity index (χ0) is 19.6. The molecule has 2 unspecified atom stereocenters. The first-order valence-corrected chi connectivity index (χ1v) is 8.89. The zero-order valence-electron chi connectivity index (χ0n) is 15.7. The van der Waals surface area contributed by atoms with Crippen LogP contribution in [0.2, 0.25) is 0 Å². The van der Waals surface area contributed by atoms with Gasteiger partial charge in [0.1, 0.15) is 0 Å². The molecule has 3 rings (SSSR count). The Hall–Kier alpha value is -3.15. The van der Waals surface area contributed by atoms with Crippen molar-refractivity contribution in [1.82, 2.24) is 4.90 Å². The molecule has 140 valence electrons. The summed E-state index contributed by atoms with van der Waals surface area (Å²) in [6, 6.07) is 13.6. The lowest BCUT2D eigenvalue weighted by molar-refractivity contribution is -0.117. The van der Waals surface area contributed by atoms with Crippen molar-refractivity contribution in [2.24, 2.45) is 11.8 Å². The second-order valence-corrected chi connectivity index (χ2v) is 7.09. The van der Waals surface area contributed by atoms with Crippen molar-refractivity contribution in [1.29, 1.82) is 0 Å². The van der Waals surface area contributed by atoms with E-state index in [9.17, 15) is 14.4 Å². The third-order valence-electron chi connectivity index (χ3n) is 4.67. The van der Waals surface area contributed by atoms with E-state index in [1.807, 2.05) is 0 Å². The second kappa shape index (κ2) is 7.61. The van der Waals surface area contributed by atoms with Gasteiger partial charge < -0.3 is 15.5 Å². The summed E-state index contributed by atoms with van der Waals surface area (Å²) in [5.41, 5.74) is 2.00. The van der Waals surface area contributed by atoms with Gasteiger partial charge >= 0.3 is 0 Å². The fraction of sp³-hybridized carbons (Fsp3) is 0.286. The summed E-state index contributed by atoms with van der Waals surface area (Å²) in [6.07, 6.45) is 0.928. The van der Waals surface area contributed by atoms with Crippen LogP contribution >= 0.6 is 0 Å². The SMILES string of the molecule is CC1CC1C(=O)Nc1ccc(C(=O)Nc2ccccc2C(=O)N(C)C)cc1. The van der Waals surface area contributed by atoms with E-state index in [2.05, 4.69) is 17.6 Å². The predicted octanol–water partition coefficient (Wildman–Crippen LogP) is 3.24. The average Bonchev–Trinajstić information content (AvgIpc) is 3.39. The largest absolute Gasteiger partial charge is 0.345 e. The van der Waals surface area contributed by atoms with Crippen LogP contribution in [0.4, 0.5) is 11.4 Å². The van der Waals surface area contributed by atoms with Gasteiger partial charge in [-0.05, 0) is 48.7 Å². The Labute approximate surface area is 158 Å². The van der Waals surface area contributed by atoms with Crippen molar-refractivity contribution in [2.75, 3.05) is 24.7 Å². The van der Waals surface area contributed by atoms with E-state index in [1.165, 1.54) is 4.90 Å². The molecule has 3 amide bonds. The van der Waals surface area contributed by atoms with Crippen LogP contribution in [0.3, 0.4) is 0 Å². The quantitative estimate of drug-likeness (QED) is 0.854. The molecule has 0 aliphatic heterocycles. The summed E-state index contributed by atoms with van der Waals surface area (Å²) >= 11 is 0. The van der Waals surface area contributed by atoms with Crippen molar-refractivity contribution in [3.05, 3.63) is 59.7 Å². The van der Waals surface area contributed by atoms with Gasteiger partial charge in [0, 0.05) is 31.3 Å². The van der Waals surface area contributed by atoms with E-state index < -0.39 is 0 Å². The summed E-state index contributed by atoms with van der Waals surface area (Å²) in [5, 5.41) is 5.65. The third kappa shape index (κ3) is 4.34. The molecule has 1 aliphatic rings. The molecule has 2 N–H and O–H groups in total. The Morgan fingerprint density at radius 1 is 0.963 bits per heavy atom. The fourth-order valence-electron chi connectivity index (χ4n) is 2.84. The Morgan fingerprint density at radius 2 is 1.59 bits per heavy atom. The number of rotatable bonds is 5. The topological polar surface area (TPSA) is 78.5 Å². The first kappa shape index (κ1) is 18.6. The number of hydrogen-bond donors (Lipinski definition) is 2. The maximum absolute atomic E-state index is 12.5. The van der Waals surface area contributed by atoms with Crippen molar-refractivity contribution in [2.45, 2.75) is 13.3 Å². The van der Waals surface area contributed by atoms with Crippen molar-refractivity contribution < 1.29 is 14.4 Å². The van der Waals surface area contributed by atoms with Crippen LogP contribution in [0.15, 0.2) is 48.5 Å². The molecule has 1 aliphatic carbocycles. The molecular weight excluding hydrogens is 342 g/mol. The summed E-state index contributed by atoms with van der Waals surface area (Å²) in [7, 11) is 3.33. The number of amides is 3. The summed E-state index contributed by atoms with van der Waals surface area (Å²) in [5.74, 6) is 0.0653. The van der Waals surface area contributed by atoms with Gasteiger partial charge in [-0.1, -0.05) is 19.1 Å². The molecule has 1 fully saturated rings. The van der Waals surface area contributed by atoms with E-state index in [0.29, 0.717) is 28.4 Å². The number of benzene rings is 2. The highest BCUT2D eigenvalue weighted by Crippen LogP contribution is 2.38. The number of carbonyl (C=O) groups is 3. The molecule has 27 heavy (non-hydrogen) atoms. The molecule has 0 aromatic heterocycles. The second-order valence-electron chi connectivity index (χ2n) is 7.09. The smallest absolute Gasteiger partial charge is 0.255 e. The maximum atomic E-state index is 12.5. The Morgan fingerprint density at radius 3 is 2.19 bits per heavy atom. The lowest BCUT2D eigenvalue weighted by Gasteiger charge is -2.14. The number of anilines is 2. The Bertz CT molecular complexity index is 874. The number of carbonyl (C=O) groups excluding carboxylic acids is 3. The molecule has 1 saturated carbocycles. The van der Waals surface area contributed by atoms with Gasteiger partial charge in [0.05, 0.1) is 11.3 Å². The van der Waals surface area contributed by atoms with E-state index in [1.54, 1.807) is 62.6 Å². The Kier molecular flexibility index (Phi) is 5.26. The fourth-order valence-corrected chi connectivity index (χ4v) is 2.84. The summed E-state index contributed by atoms with van der Waals surface area (Å²) < 4.78 is 0. The number of nitrogens with one attached hydrogen (secondary N) is 2. The van der Waals surface area contributed by atoms with Gasteiger partial charge in [-0.2, -0.15) is 0 Å². The minimum Gasteiger partial charge on any atom is -0.345 e. The molecule has 0 radical (unpaired) electrons. The van der Waals surface area contributed by atoms with Gasteiger partial charge in [-0.3, -0.25) is 14.4 Å². The van der Waals surface area contributed by atoms with Gasteiger partial charge in [0.25, 0.3) is 11.8 Å². The monoisotopic (exact) mass is 365 g/mol. The molecular formula is C21H23N3O3. The summed E-state index contributed by atoms with van der Waals surface area (Å²) in [6.45, 7) is 2.05. The normalized spacial score (nSPS) is 17.7. The lowest BCUT2D eigenvalue weighted by atomic mass is 10.1. The van der Waals surface area contributed by atoms with Crippen LogP contribution in [0.5, 0.6) is 0 Å². The van der Waals surface area contributed by atoms with Crippen LogP contribution in [-0.4, -0.2) is 36.7 Å². The van der Waals surface area contributed by atoms with E-state index >= 15 is 0 Å². The standard InChI is InChI=1S/C21H23N3O3/c1-13-12-17(13)20(26)22-15-10-8-14(9-11-15)19(25)23-18-7-5-4-6-16(18)21(27)24(2)3/h4-11,13,17H,12H2,1-3H3,(H,22,26)(H,23,25). The predicted molar refractivity (Wildman–Crippen MR) is 105 cm³/mol. The Balaban J connectivity index is 1.68. The highest BCUT2D eigenvalue weighted by Gasteiger charge is 2.39. The zero-order valence-corrected chi connectivity index (χ0v) is 15.7. The van der Waals surface area contributed by atoms with Crippen LogP contribution in [0.1, 0.15) is 34.1 Å². The van der Waals surface area contributed by atoms with Gasteiger partial charge in [-0.15, -0.1) is 0 Å². The molecule has 6 nitrogen and oxygen atoms in total. The van der Waals surface area contributed by atoms with E-state index in [4.69, 9.17) is 0 Å². The van der Waals surface area contributed by atoms with Crippen molar-refractivity contribution >= 4 is 29.1 Å². The van der Waals surface area contributed by atoms with Gasteiger partial charge in [0.2, 0.25) is 5.91 Å². The van der Waals surface area contributed by atoms with Crippen molar-refractivity contribution in [3.8, 4) is 0 Å². The van der Waals surface area contributed by atoms with E-state index in [0.717, 1.165) is 6.42 Å². The lowest BCUT2D eigenvalue weighted by Crippen LogP contribution is -2.24. The minimum absolute atomic E-state index is 0.0239. The highest BCUT2D eigenvalue weighted by atomic mass is 16.2. The van der Waals surface area contributed by atoms with Crippen LogP contribution in [-0.2, 0) is 4.79 Å². The highest BCUT2D eigenvalue weighted by molar-refractivity contribution is 6.09. The number of nitrogens with zero attached hydrogens (tertiary/aromatic N) is 1. The molecule has 6 heteroatoms. The van der Waals surface area contributed by atoms with Gasteiger partial charge in [0.15, 0.2) is 0 Å². The molecule has 0 heterocycles. The number of hydrogen-bond acceptors (Lipinski definition) is 3. The minimum atomic E-state index is -0.317. The van der Waals surface area contributed by atoms with E-state index in [-0.39, 0.29) is 23.6 Å². The first-order chi connectivity index (χ1) is 12.9. The van der Waals surface area contributed by atoms with Crippen LogP contribution in [0, 0.1) is 11.8 Å². The third-order valence-corrected chi connectivity index (χ3v) is 4.67. The van der Waals surface area contributed by atoms with Gasteiger partial charge in [-0.25, -0.2) is 0 Å². The molecule has 2 atom stereocenters. The summed E-state index contributed by atoms with van der Waals surface area (Å²) in [4.78, 5) is 38.2. The van der Waals surface area contributed by atoms with Crippen LogP contribution in [0.25, 0.3) is 0 Å². The molecule has 2 aromatic rings. The molecule has 0 saturated heterocycles. The average molecular weight is 365 g/mol. The first-order valence-electron chi connectivity index (χ1n) is 8.89. The number of para-hydroxylation sites is 1. The van der Waals surface area contributed by atoms with Crippen LogP contribution < -0.4 is 10.6 Å². The molecule has 0 bridgehead atoms. The molecule has 2 aromatic carbocycles.